The maximum Gasteiger partial charge on any atom is 0.248 e. The topological polar surface area (TPSA) is 76.7 Å². The Kier molecular flexibility index (Phi) is 2.75. The van der Waals surface area contributed by atoms with Crippen molar-refractivity contribution in [2.24, 2.45) is 7.05 Å². The first-order valence-electron chi connectivity index (χ1n) is 5.52. The van der Waals surface area contributed by atoms with Gasteiger partial charge < -0.3 is 10.7 Å². The van der Waals surface area contributed by atoms with E-state index in [0.29, 0.717) is 5.82 Å². The number of nitrogens with one attached hydrogen (secondary N) is 1. The molecule has 0 aliphatic heterocycles. The number of hydrogen-bond acceptors (Lipinski definition) is 3. The smallest absolute Gasteiger partial charge is 0.248 e. The Morgan fingerprint density at radius 2 is 2.18 bits per heavy atom. The molecule has 2 aromatic rings. The van der Waals surface area contributed by atoms with Gasteiger partial charge in [-0.1, -0.05) is 13.8 Å². The van der Waals surface area contributed by atoms with Crippen LogP contribution < -0.4 is 11.3 Å². The quantitative estimate of drug-likeness (QED) is 0.823. The third-order valence-corrected chi connectivity index (χ3v) is 2.76. The van der Waals surface area contributed by atoms with Crippen LogP contribution >= 0.6 is 0 Å². The summed E-state index contributed by atoms with van der Waals surface area (Å²) in [6.45, 7) is 4.12. The molecule has 0 aliphatic rings. The minimum absolute atomic E-state index is 0.138. The first-order valence-corrected chi connectivity index (χ1v) is 5.52. The summed E-state index contributed by atoms with van der Waals surface area (Å²) in [6, 6.07) is 3.36. The highest BCUT2D eigenvalue weighted by Crippen LogP contribution is 2.31. The molecule has 0 unspecified atom stereocenters. The molecular weight excluding hydrogens is 216 g/mol. The summed E-state index contributed by atoms with van der Waals surface area (Å²) in [4.78, 5) is 13.9. The van der Waals surface area contributed by atoms with Crippen molar-refractivity contribution in [1.82, 2.24) is 14.8 Å². The van der Waals surface area contributed by atoms with E-state index in [9.17, 15) is 4.79 Å². The minimum atomic E-state index is -0.138. The van der Waals surface area contributed by atoms with Gasteiger partial charge in [0.2, 0.25) is 5.56 Å². The molecule has 2 heterocycles. The van der Waals surface area contributed by atoms with Gasteiger partial charge in [0.25, 0.3) is 0 Å². The Labute approximate surface area is 99.3 Å². The molecule has 0 aromatic carbocycles. The van der Waals surface area contributed by atoms with E-state index in [1.165, 1.54) is 6.07 Å². The van der Waals surface area contributed by atoms with Crippen molar-refractivity contribution < 1.29 is 0 Å². The van der Waals surface area contributed by atoms with Crippen LogP contribution in [0.3, 0.4) is 0 Å². The predicted octanol–water partition coefficient (Wildman–Crippen LogP) is 1.48. The molecule has 3 N–H and O–H groups in total. The maximum absolute atomic E-state index is 11.3. The molecule has 0 radical (unpaired) electrons. The van der Waals surface area contributed by atoms with Gasteiger partial charge in [-0.05, 0) is 12.0 Å². The van der Waals surface area contributed by atoms with E-state index in [2.05, 4.69) is 23.9 Å². The fraction of sp³-hybridized carbons (Fsp3) is 0.333. The van der Waals surface area contributed by atoms with E-state index in [0.717, 1.165) is 16.8 Å². The lowest BCUT2D eigenvalue weighted by Crippen LogP contribution is -2.03. The van der Waals surface area contributed by atoms with E-state index in [1.807, 2.05) is 6.07 Å². The third-order valence-electron chi connectivity index (χ3n) is 2.76. The van der Waals surface area contributed by atoms with Gasteiger partial charge in [-0.3, -0.25) is 9.48 Å². The summed E-state index contributed by atoms with van der Waals surface area (Å²) in [5.74, 6) is 0.910. The summed E-state index contributed by atoms with van der Waals surface area (Å²) in [5.41, 5.74) is 8.42. The summed E-state index contributed by atoms with van der Waals surface area (Å²) >= 11 is 0. The van der Waals surface area contributed by atoms with Crippen LogP contribution in [-0.2, 0) is 7.05 Å². The van der Waals surface area contributed by atoms with Crippen molar-refractivity contribution in [2.45, 2.75) is 19.8 Å². The minimum Gasteiger partial charge on any atom is -0.384 e. The van der Waals surface area contributed by atoms with Crippen LogP contribution in [0.5, 0.6) is 0 Å². The second kappa shape index (κ2) is 4.08. The van der Waals surface area contributed by atoms with E-state index >= 15 is 0 Å². The molecule has 2 rings (SSSR count). The Balaban J connectivity index is 2.67. The Hall–Kier alpha value is -2.04. The monoisotopic (exact) mass is 232 g/mol. The van der Waals surface area contributed by atoms with Crippen LogP contribution in [0.25, 0.3) is 11.3 Å². The van der Waals surface area contributed by atoms with Gasteiger partial charge in [0.15, 0.2) is 0 Å². The van der Waals surface area contributed by atoms with Crippen molar-refractivity contribution >= 4 is 5.82 Å². The number of pyridine rings is 1. The zero-order chi connectivity index (χ0) is 12.6. The van der Waals surface area contributed by atoms with Gasteiger partial charge in [0, 0.05) is 30.4 Å². The Morgan fingerprint density at radius 3 is 2.76 bits per heavy atom. The summed E-state index contributed by atoms with van der Waals surface area (Å²) in [5, 5.41) is 4.38. The number of anilines is 1. The maximum atomic E-state index is 11.3. The number of nitrogens with two attached hydrogens (primary N) is 1. The normalized spacial score (nSPS) is 11.1. The Morgan fingerprint density at radius 1 is 1.47 bits per heavy atom. The van der Waals surface area contributed by atoms with E-state index in [-0.39, 0.29) is 11.5 Å². The Bertz CT molecular complexity index is 595. The van der Waals surface area contributed by atoms with Gasteiger partial charge in [0.1, 0.15) is 5.82 Å². The van der Waals surface area contributed by atoms with Gasteiger partial charge in [0.05, 0.1) is 5.69 Å². The molecule has 0 saturated heterocycles. The van der Waals surface area contributed by atoms with Crippen molar-refractivity contribution in [3.8, 4) is 11.3 Å². The lowest BCUT2D eigenvalue weighted by Gasteiger charge is -2.06. The van der Waals surface area contributed by atoms with Crippen LogP contribution in [0.1, 0.15) is 25.3 Å². The van der Waals surface area contributed by atoms with Crippen LogP contribution in [0, 0.1) is 0 Å². The number of aromatic nitrogens is 3. The molecule has 2 aromatic heterocycles. The summed E-state index contributed by atoms with van der Waals surface area (Å²) in [6.07, 6.45) is 1.62. The van der Waals surface area contributed by atoms with E-state index in [4.69, 9.17) is 5.73 Å². The van der Waals surface area contributed by atoms with Crippen LogP contribution in [-0.4, -0.2) is 14.8 Å². The van der Waals surface area contributed by atoms with Crippen LogP contribution in [0.2, 0.25) is 0 Å². The largest absolute Gasteiger partial charge is 0.384 e. The first kappa shape index (κ1) is 11.4. The zero-order valence-electron chi connectivity index (χ0n) is 10.2. The number of rotatable bonds is 2. The summed E-state index contributed by atoms with van der Waals surface area (Å²) < 4.78 is 1.64. The van der Waals surface area contributed by atoms with Crippen LogP contribution in [0.15, 0.2) is 23.1 Å². The molecule has 5 nitrogen and oxygen atoms in total. The average molecular weight is 232 g/mol. The number of nitrogens with zero attached hydrogens (tertiary/aromatic N) is 2. The molecule has 0 fully saturated rings. The molecule has 17 heavy (non-hydrogen) atoms. The molecule has 0 amide bonds. The molecule has 0 aliphatic carbocycles. The number of nitrogen functional groups attached to an aromatic ring is 1. The molecule has 0 bridgehead atoms. The molecular formula is C12H16N4O. The first-order chi connectivity index (χ1) is 8.00. The second-order valence-corrected chi connectivity index (χ2v) is 4.37. The molecule has 5 heteroatoms. The van der Waals surface area contributed by atoms with Crippen molar-refractivity contribution in [3.05, 3.63) is 34.2 Å². The molecule has 0 spiro atoms. The van der Waals surface area contributed by atoms with Gasteiger partial charge in [-0.2, -0.15) is 5.10 Å². The van der Waals surface area contributed by atoms with Gasteiger partial charge >= 0.3 is 0 Å². The summed E-state index contributed by atoms with van der Waals surface area (Å²) in [7, 11) is 1.80. The number of aromatic amines is 1. The SMILES string of the molecule is CC(C)c1c(-c2cc[nH]c(=O)c2)nn(C)c1N. The van der Waals surface area contributed by atoms with Gasteiger partial charge in [-0.15, -0.1) is 0 Å². The van der Waals surface area contributed by atoms with Crippen LogP contribution in [0.4, 0.5) is 5.82 Å². The fourth-order valence-corrected chi connectivity index (χ4v) is 1.93. The van der Waals surface area contributed by atoms with Gasteiger partial charge in [-0.25, -0.2) is 0 Å². The molecule has 0 atom stereocenters. The number of aryl methyl sites for hydroxylation is 1. The predicted molar refractivity (Wildman–Crippen MR) is 67.8 cm³/mol. The van der Waals surface area contributed by atoms with Crippen molar-refractivity contribution in [1.29, 1.82) is 0 Å². The average Bonchev–Trinajstić information content (AvgIpc) is 2.55. The standard InChI is InChI=1S/C12H16N4O/c1-7(2)10-11(15-16(3)12(10)13)8-4-5-14-9(17)6-8/h4-7H,13H2,1-3H3,(H,14,17). The molecule has 0 saturated carbocycles. The number of H-pyrrole nitrogens is 1. The molecule has 90 valence electrons. The van der Waals surface area contributed by atoms with E-state index < -0.39 is 0 Å². The number of hydrogen-bond donors (Lipinski definition) is 2. The van der Waals surface area contributed by atoms with Crippen molar-refractivity contribution in [2.75, 3.05) is 5.73 Å². The highest BCUT2D eigenvalue weighted by atomic mass is 16.1. The highest BCUT2D eigenvalue weighted by molar-refractivity contribution is 5.68. The van der Waals surface area contributed by atoms with Crippen molar-refractivity contribution in [3.63, 3.8) is 0 Å². The van der Waals surface area contributed by atoms with E-state index in [1.54, 1.807) is 17.9 Å². The highest BCUT2D eigenvalue weighted by Gasteiger charge is 2.18. The zero-order valence-corrected chi connectivity index (χ0v) is 10.2. The lowest BCUT2D eigenvalue weighted by molar-refractivity contribution is 0.780. The second-order valence-electron chi connectivity index (χ2n) is 4.37. The third kappa shape index (κ3) is 1.95. The lowest BCUT2D eigenvalue weighted by atomic mass is 9.99. The fourth-order valence-electron chi connectivity index (χ4n) is 1.93.